The lowest BCUT2D eigenvalue weighted by molar-refractivity contribution is -0.121. The number of hydrogen-bond acceptors (Lipinski definition) is 3. The van der Waals surface area contributed by atoms with Gasteiger partial charge in [0.05, 0.1) is 19.1 Å². The summed E-state index contributed by atoms with van der Waals surface area (Å²) in [5.74, 6) is -0.141. The Morgan fingerprint density at radius 3 is 2.35 bits per heavy atom. The number of nitrogens with one attached hydrogen (secondary N) is 1. The summed E-state index contributed by atoms with van der Waals surface area (Å²) in [7, 11) is 0. The number of carbonyl (C=O) groups is 1. The molecule has 0 saturated heterocycles. The van der Waals surface area contributed by atoms with Crippen molar-refractivity contribution in [3.05, 3.63) is 65.7 Å². The van der Waals surface area contributed by atoms with E-state index in [0.717, 1.165) is 5.56 Å². The molecule has 0 spiro atoms. The maximum atomic E-state index is 12.0. The molecule has 2 aromatic carbocycles. The van der Waals surface area contributed by atoms with Crippen LogP contribution in [0.25, 0.3) is 0 Å². The number of carbonyl (C=O) groups excluding carboxylic acids is 1. The van der Waals surface area contributed by atoms with Crippen LogP contribution in [0.4, 0.5) is 0 Å². The molecule has 0 saturated carbocycles. The fourth-order valence-corrected chi connectivity index (χ4v) is 2.00. The summed E-state index contributed by atoms with van der Waals surface area (Å²) in [5, 5.41) is 21.8. The lowest BCUT2D eigenvalue weighted by Crippen LogP contribution is -2.31. The van der Waals surface area contributed by atoms with E-state index in [4.69, 9.17) is 0 Å². The predicted molar refractivity (Wildman–Crippen MR) is 76.2 cm³/mol. The molecule has 4 heteroatoms. The van der Waals surface area contributed by atoms with Crippen molar-refractivity contribution in [3.63, 3.8) is 0 Å². The number of aliphatic hydroxyl groups excluding tert-OH is 1. The Morgan fingerprint density at radius 1 is 1.05 bits per heavy atom. The van der Waals surface area contributed by atoms with Crippen LogP contribution in [0.3, 0.4) is 0 Å². The first kappa shape index (κ1) is 14.1. The van der Waals surface area contributed by atoms with Crippen LogP contribution in [0.1, 0.15) is 17.2 Å². The van der Waals surface area contributed by atoms with E-state index in [1.807, 2.05) is 30.3 Å². The van der Waals surface area contributed by atoms with Crippen LogP contribution in [0, 0.1) is 0 Å². The largest absolute Gasteiger partial charge is 0.508 e. The van der Waals surface area contributed by atoms with Crippen molar-refractivity contribution < 1.29 is 15.0 Å². The van der Waals surface area contributed by atoms with Crippen LogP contribution in [0.15, 0.2) is 54.6 Å². The highest BCUT2D eigenvalue weighted by molar-refractivity contribution is 5.79. The molecule has 0 unspecified atom stereocenters. The normalized spacial score (nSPS) is 11.8. The fraction of sp³-hybridized carbons (Fsp3) is 0.188. The van der Waals surface area contributed by atoms with Gasteiger partial charge in [-0.1, -0.05) is 48.5 Å². The Bertz CT molecular complexity index is 569. The number of amides is 1. The zero-order chi connectivity index (χ0) is 14.4. The summed E-state index contributed by atoms with van der Waals surface area (Å²) in [5.41, 5.74) is 1.41. The van der Waals surface area contributed by atoms with E-state index < -0.39 is 6.04 Å². The lowest BCUT2D eigenvalue weighted by atomic mass is 10.1. The van der Waals surface area contributed by atoms with E-state index >= 15 is 0 Å². The number of para-hydroxylation sites is 1. The van der Waals surface area contributed by atoms with Gasteiger partial charge in [0.1, 0.15) is 5.75 Å². The van der Waals surface area contributed by atoms with Crippen LogP contribution >= 0.6 is 0 Å². The van der Waals surface area contributed by atoms with Crippen LogP contribution in [-0.2, 0) is 11.2 Å². The van der Waals surface area contributed by atoms with Crippen molar-refractivity contribution in [2.45, 2.75) is 12.5 Å². The molecule has 104 valence electrons. The van der Waals surface area contributed by atoms with Gasteiger partial charge in [-0.3, -0.25) is 4.79 Å². The lowest BCUT2D eigenvalue weighted by Gasteiger charge is -2.17. The first-order chi connectivity index (χ1) is 9.70. The zero-order valence-electron chi connectivity index (χ0n) is 11.0. The molecule has 1 amide bonds. The number of aromatic hydroxyl groups is 1. The van der Waals surface area contributed by atoms with Crippen LogP contribution in [-0.4, -0.2) is 22.7 Å². The smallest absolute Gasteiger partial charge is 0.225 e. The van der Waals surface area contributed by atoms with Crippen molar-refractivity contribution >= 4 is 5.91 Å². The minimum absolute atomic E-state index is 0.0794. The average molecular weight is 271 g/mol. The first-order valence-corrected chi connectivity index (χ1v) is 6.42. The van der Waals surface area contributed by atoms with Gasteiger partial charge in [0, 0.05) is 5.56 Å². The Morgan fingerprint density at radius 2 is 1.70 bits per heavy atom. The van der Waals surface area contributed by atoms with Crippen molar-refractivity contribution in [3.8, 4) is 5.75 Å². The van der Waals surface area contributed by atoms with E-state index in [1.165, 1.54) is 0 Å². The second kappa shape index (κ2) is 6.73. The van der Waals surface area contributed by atoms with Gasteiger partial charge in [0.15, 0.2) is 0 Å². The summed E-state index contributed by atoms with van der Waals surface area (Å²) >= 11 is 0. The Balaban J connectivity index is 2.02. The highest BCUT2D eigenvalue weighted by Crippen LogP contribution is 2.17. The number of phenols is 1. The molecule has 0 bridgehead atoms. The first-order valence-electron chi connectivity index (χ1n) is 6.42. The third-order valence-corrected chi connectivity index (χ3v) is 3.06. The predicted octanol–water partition coefficient (Wildman–Crippen LogP) is 1.78. The highest BCUT2D eigenvalue weighted by Gasteiger charge is 2.14. The van der Waals surface area contributed by atoms with Crippen molar-refractivity contribution in [1.29, 1.82) is 0 Å². The van der Waals surface area contributed by atoms with E-state index in [0.29, 0.717) is 5.56 Å². The third-order valence-electron chi connectivity index (χ3n) is 3.06. The van der Waals surface area contributed by atoms with Gasteiger partial charge in [-0.2, -0.15) is 0 Å². The third kappa shape index (κ3) is 3.59. The Hall–Kier alpha value is -2.33. The molecule has 20 heavy (non-hydrogen) atoms. The molecule has 0 fully saturated rings. The Labute approximate surface area is 117 Å². The minimum Gasteiger partial charge on any atom is -0.508 e. The molecule has 0 aromatic heterocycles. The summed E-state index contributed by atoms with van der Waals surface area (Å²) in [6.45, 7) is -0.170. The maximum Gasteiger partial charge on any atom is 0.225 e. The van der Waals surface area contributed by atoms with E-state index in [1.54, 1.807) is 24.3 Å². The number of phenolic OH excluding ortho intramolecular Hbond substituents is 1. The molecule has 0 aliphatic rings. The van der Waals surface area contributed by atoms with Gasteiger partial charge in [-0.05, 0) is 11.6 Å². The molecule has 2 rings (SSSR count). The summed E-state index contributed by atoms with van der Waals surface area (Å²) in [6, 6.07) is 15.6. The van der Waals surface area contributed by atoms with Crippen molar-refractivity contribution in [2.75, 3.05) is 6.61 Å². The molecule has 1 atom stereocenters. The molecular formula is C16H17NO3. The monoisotopic (exact) mass is 271 g/mol. The topological polar surface area (TPSA) is 69.6 Å². The van der Waals surface area contributed by atoms with Crippen molar-refractivity contribution in [2.24, 2.45) is 0 Å². The average Bonchev–Trinajstić information content (AvgIpc) is 2.48. The SMILES string of the molecule is O=C(Cc1ccccc1O)N[C@H](CO)c1ccccc1. The van der Waals surface area contributed by atoms with Gasteiger partial charge in [0.2, 0.25) is 5.91 Å². The molecule has 0 radical (unpaired) electrons. The molecule has 0 heterocycles. The molecule has 3 N–H and O–H groups in total. The second-order valence-electron chi connectivity index (χ2n) is 4.52. The maximum absolute atomic E-state index is 12.0. The van der Waals surface area contributed by atoms with E-state index in [2.05, 4.69) is 5.32 Å². The zero-order valence-corrected chi connectivity index (χ0v) is 11.0. The highest BCUT2D eigenvalue weighted by atomic mass is 16.3. The summed E-state index contributed by atoms with van der Waals surface area (Å²) < 4.78 is 0. The van der Waals surface area contributed by atoms with Gasteiger partial charge >= 0.3 is 0 Å². The van der Waals surface area contributed by atoms with Crippen molar-refractivity contribution in [1.82, 2.24) is 5.32 Å². The number of hydrogen-bond donors (Lipinski definition) is 3. The van der Waals surface area contributed by atoms with Gasteiger partial charge in [0.25, 0.3) is 0 Å². The molecule has 0 aliphatic heterocycles. The van der Waals surface area contributed by atoms with Gasteiger partial charge in [-0.15, -0.1) is 0 Å². The summed E-state index contributed by atoms with van der Waals surface area (Å²) in [6.07, 6.45) is 0.0794. The molecule has 4 nitrogen and oxygen atoms in total. The summed E-state index contributed by atoms with van der Waals surface area (Å²) in [4.78, 5) is 12.0. The minimum atomic E-state index is -0.436. The number of benzene rings is 2. The second-order valence-corrected chi connectivity index (χ2v) is 4.52. The van der Waals surface area contributed by atoms with Crippen LogP contribution < -0.4 is 5.32 Å². The van der Waals surface area contributed by atoms with Gasteiger partial charge < -0.3 is 15.5 Å². The van der Waals surface area contributed by atoms with Gasteiger partial charge in [-0.25, -0.2) is 0 Å². The quantitative estimate of drug-likeness (QED) is 0.776. The Kier molecular flexibility index (Phi) is 4.74. The number of aliphatic hydroxyl groups is 1. The van der Waals surface area contributed by atoms with E-state index in [9.17, 15) is 15.0 Å². The van der Waals surface area contributed by atoms with E-state index in [-0.39, 0.29) is 24.7 Å². The number of rotatable bonds is 5. The standard InChI is InChI=1S/C16H17NO3/c18-11-14(12-6-2-1-3-7-12)17-16(20)10-13-8-4-5-9-15(13)19/h1-9,14,18-19H,10-11H2,(H,17,20)/t14-/m1/s1. The van der Waals surface area contributed by atoms with Crippen LogP contribution in [0.5, 0.6) is 5.75 Å². The molecular weight excluding hydrogens is 254 g/mol. The molecule has 0 aliphatic carbocycles. The fourth-order valence-electron chi connectivity index (χ4n) is 2.00. The van der Waals surface area contributed by atoms with Crippen LogP contribution in [0.2, 0.25) is 0 Å². The molecule has 2 aromatic rings.